The molecule has 1 rings (SSSR count). The lowest BCUT2D eigenvalue weighted by Crippen LogP contribution is -2.47. The van der Waals surface area contributed by atoms with E-state index in [0.717, 1.165) is 26.4 Å². The van der Waals surface area contributed by atoms with Gasteiger partial charge >= 0.3 is 11.9 Å². The fourth-order valence-electron chi connectivity index (χ4n) is 1.51. The SMILES string of the molecule is COC(=O)C(NS(=O)(=O)c1cc(F)ccc1C)C(=O)OC. The third-order valence-electron chi connectivity index (χ3n) is 2.59. The van der Waals surface area contributed by atoms with Crippen molar-refractivity contribution < 1.29 is 31.9 Å². The number of methoxy groups -OCH3 is 2. The van der Waals surface area contributed by atoms with Crippen molar-refractivity contribution >= 4 is 22.0 Å². The van der Waals surface area contributed by atoms with Gasteiger partial charge in [0.15, 0.2) is 0 Å². The van der Waals surface area contributed by atoms with Crippen LogP contribution in [-0.2, 0) is 29.1 Å². The molecule has 0 heterocycles. The third kappa shape index (κ3) is 3.99. The maximum atomic E-state index is 13.2. The average Bonchev–Trinajstić information content (AvgIpc) is 2.45. The molecule has 116 valence electrons. The second kappa shape index (κ2) is 6.64. The van der Waals surface area contributed by atoms with Gasteiger partial charge in [0.1, 0.15) is 5.82 Å². The molecule has 0 unspecified atom stereocenters. The van der Waals surface area contributed by atoms with Crippen molar-refractivity contribution in [1.82, 2.24) is 4.72 Å². The Labute approximate surface area is 121 Å². The number of halogens is 1. The van der Waals surface area contributed by atoms with Gasteiger partial charge in [-0.3, -0.25) is 0 Å². The smallest absolute Gasteiger partial charge is 0.335 e. The molecule has 0 saturated heterocycles. The monoisotopic (exact) mass is 319 g/mol. The van der Waals surface area contributed by atoms with Crippen LogP contribution < -0.4 is 4.72 Å². The topological polar surface area (TPSA) is 98.8 Å². The molecule has 0 aliphatic carbocycles. The van der Waals surface area contributed by atoms with Gasteiger partial charge in [-0.05, 0) is 24.6 Å². The van der Waals surface area contributed by atoms with Crippen molar-refractivity contribution in [3.8, 4) is 0 Å². The van der Waals surface area contributed by atoms with Crippen molar-refractivity contribution in [2.75, 3.05) is 14.2 Å². The van der Waals surface area contributed by atoms with Gasteiger partial charge in [-0.1, -0.05) is 6.07 Å². The van der Waals surface area contributed by atoms with E-state index in [1.165, 1.54) is 13.0 Å². The number of carbonyl (C=O) groups excluding carboxylic acids is 2. The van der Waals surface area contributed by atoms with Gasteiger partial charge in [0.25, 0.3) is 0 Å². The van der Waals surface area contributed by atoms with E-state index in [2.05, 4.69) is 9.47 Å². The summed E-state index contributed by atoms with van der Waals surface area (Å²) in [5.41, 5.74) is 0.248. The van der Waals surface area contributed by atoms with E-state index in [0.29, 0.717) is 0 Å². The van der Waals surface area contributed by atoms with Gasteiger partial charge in [-0.15, -0.1) is 0 Å². The summed E-state index contributed by atoms with van der Waals surface area (Å²) in [6, 6.07) is 1.26. The number of esters is 2. The van der Waals surface area contributed by atoms with Crippen LogP contribution >= 0.6 is 0 Å². The van der Waals surface area contributed by atoms with Crippen molar-refractivity contribution in [3.05, 3.63) is 29.6 Å². The van der Waals surface area contributed by atoms with E-state index in [9.17, 15) is 22.4 Å². The highest BCUT2D eigenvalue weighted by molar-refractivity contribution is 7.89. The van der Waals surface area contributed by atoms with Gasteiger partial charge in [0.05, 0.1) is 19.1 Å². The minimum absolute atomic E-state index is 0.248. The number of nitrogens with one attached hydrogen (secondary N) is 1. The predicted octanol–water partition coefficient (Wildman–Crippen LogP) is 0.127. The summed E-state index contributed by atoms with van der Waals surface area (Å²) in [6.45, 7) is 1.44. The van der Waals surface area contributed by atoms with E-state index < -0.39 is 33.8 Å². The standard InChI is InChI=1S/C12H14FNO6S/c1-7-4-5-8(13)6-9(7)21(17,18)14-10(11(15)19-2)12(16)20-3/h4-6,10,14H,1-3H3. The minimum Gasteiger partial charge on any atom is -0.467 e. The highest BCUT2D eigenvalue weighted by Crippen LogP contribution is 2.17. The molecular formula is C12H14FNO6S. The van der Waals surface area contributed by atoms with Crippen LogP contribution in [0.25, 0.3) is 0 Å². The van der Waals surface area contributed by atoms with Crippen LogP contribution in [0.4, 0.5) is 4.39 Å². The number of hydrogen-bond donors (Lipinski definition) is 1. The molecule has 1 aromatic carbocycles. The van der Waals surface area contributed by atoms with Gasteiger partial charge in [-0.2, -0.15) is 4.72 Å². The van der Waals surface area contributed by atoms with E-state index >= 15 is 0 Å². The van der Waals surface area contributed by atoms with E-state index in [4.69, 9.17) is 0 Å². The Balaban J connectivity index is 3.20. The molecule has 0 aliphatic rings. The van der Waals surface area contributed by atoms with Gasteiger partial charge in [-0.25, -0.2) is 22.4 Å². The molecule has 0 aromatic heterocycles. The van der Waals surface area contributed by atoms with Crippen molar-refractivity contribution in [1.29, 1.82) is 0 Å². The summed E-state index contributed by atoms with van der Waals surface area (Å²) >= 11 is 0. The van der Waals surface area contributed by atoms with Crippen LogP contribution in [0.15, 0.2) is 23.1 Å². The van der Waals surface area contributed by atoms with Gasteiger partial charge in [0, 0.05) is 0 Å². The molecule has 0 amide bonds. The zero-order valence-corrected chi connectivity index (χ0v) is 12.4. The Morgan fingerprint density at radius 1 is 1.19 bits per heavy atom. The Bertz CT molecular complexity index is 642. The summed E-state index contributed by atoms with van der Waals surface area (Å²) in [4.78, 5) is 22.5. The highest BCUT2D eigenvalue weighted by atomic mass is 32.2. The minimum atomic E-state index is -4.31. The Kier molecular flexibility index (Phi) is 5.39. The second-order valence-corrected chi connectivity index (χ2v) is 5.69. The molecule has 0 aliphatic heterocycles. The number of benzene rings is 1. The van der Waals surface area contributed by atoms with Crippen LogP contribution in [0.3, 0.4) is 0 Å². The van der Waals surface area contributed by atoms with Crippen molar-refractivity contribution in [3.63, 3.8) is 0 Å². The van der Waals surface area contributed by atoms with Crippen LogP contribution in [0.5, 0.6) is 0 Å². The second-order valence-electron chi connectivity index (χ2n) is 4.01. The van der Waals surface area contributed by atoms with Crippen LogP contribution in [0.2, 0.25) is 0 Å². The molecule has 7 nitrogen and oxygen atoms in total. The number of hydrogen-bond acceptors (Lipinski definition) is 6. The number of aryl methyl sites for hydroxylation is 1. The first-order chi connectivity index (χ1) is 9.72. The summed E-state index contributed by atoms with van der Waals surface area (Å²) < 4.78 is 48.0. The lowest BCUT2D eigenvalue weighted by molar-refractivity contribution is -0.154. The molecule has 0 radical (unpaired) electrons. The van der Waals surface area contributed by atoms with Crippen LogP contribution in [0, 0.1) is 12.7 Å². The van der Waals surface area contributed by atoms with Crippen molar-refractivity contribution in [2.24, 2.45) is 0 Å². The number of rotatable bonds is 5. The third-order valence-corrected chi connectivity index (χ3v) is 4.15. The summed E-state index contributed by atoms with van der Waals surface area (Å²) in [5.74, 6) is -3.05. The van der Waals surface area contributed by atoms with E-state index in [1.807, 2.05) is 4.72 Å². The van der Waals surface area contributed by atoms with E-state index in [-0.39, 0.29) is 10.5 Å². The van der Waals surface area contributed by atoms with Crippen LogP contribution in [0.1, 0.15) is 5.56 Å². The number of sulfonamides is 1. The normalized spacial score (nSPS) is 11.3. The maximum Gasteiger partial charge on any atom is 0.335 e. The number of carbonyl (C=O) groups is 2. The summed E-state index contributed by atoms with van der Waals surface area (Å²) in [7, 11) is -2.34. The van der Waals surface area contributed by atoms with Crippen LogP contribution in [-0.4, -0.2) is 40.6 Å². The molecule has 0 saturated carbocycles. The zero-order chi connectivity index (χ0) is 16.2. The first-order valence-electron chi connectivity index (χ1n) is 5.67. The quantitative estimate of drug-likeness (QED) is 0.612. The predicted molar refractivity (Wildman–Crippen MR) is 69.3 cm³/mol. The molecule has 0 fully saturated rings. The zero-order valence-electron chi connectivity index (χ0n) is 11.5. The first-order valence-corrected chi connectivity index (χ1v) is 7.15. The molecule has 1 N–H and O–H groups in total. The van der Waals surface area contributed by atoms with E-state index in [1.54, 1.807) is 0 Å². The molecule has 0 spiro atoms. The first kappa shape index (κ1) is 17.1. The van der Waals surface area contributed by atoms with Gasteiger partial charge in [0.2, 0.25) is 16.1 Å². The summed E-state index contributed by atoms with van der Waals surface area (Å²) in [5, 5.41) is 0. The fraction of sp³-hybridized carbons (Fsp3) is 0.333. The Morgan fingerprint density at radius 3 is 2.19 bits per heavy atom. The molecule has 9 heteroatoms. The summed E-state index contributed by atoms with van der Waals surface area (Å²) in [6.07, 6.45) is 0. The Morgan fingerprint density at radius 2 is 1.71 bits per heavy atom. The molecular weight excluding hydrogens is 305 g/mol. The average molecular weight is 319 g/mol. The van der Waals surface area contributed by atoms with Crippen molar-refractivity contribution in [2.45, 2.75) is 17.9 Å². The fourth-order valence-corrected chi connectivity index (χ4v) is 2.90. The lowest BCUT2D eigenvalue weighted by atomic mass is 10.2. The molecule has 0 bridgehead atoms. The molecule has 0 atom stereocenters. The maximum absolute atomic E-state index is 13.2. The largest absolute Gasteiger partial charge is 0.467 e. The highest BCUT2D eigenvalue weighted by Gasteiger charge is 2.34. The Hall–Kier alpha value is -2.00. The molecule has 1 aromatic rings. The van der Waals surface area contributed by atoms with Gasteiger partial charge < -0.3 is 9.47 Å². The number of ether oxygens (including phenoxy) is 2. The molecule has 21 heavy (non-hydrogen) atoms. The lowest BCUT2D eigenvalue weighted by Gasteiger charge is -2.15.